The lowest BCUT2D eigenvalue weighted by molar-refractivity contribution is 0.101. The molecular weight excluding hydrogens is 350 g/mol. The Morgan fingerprint density at radius 3 is 2.68 bits per heavy atom. The van der Waals surface area contributed by atoms with Crippen molar-refractivity contribution in [1.82, 2.24) is 9.55 Å². The maximum Gasteiger partial charge on any atom is 0.234 e. The minimum Gasteiger partial charge on any atom is -0.452 e. The highest BCUT2D eigenvalue weighted by atomic mass is 16.5. The molecule has 0 fully saturated rings. The number of hydrogen-bond donors (Lipinski definition) is 1. The van der Waals surface area contributed by atoms with Gasteiger partial charge in [0.05, 0.1) is 5.56 Å². The number of anilines is 1. The smallest absolute Gasteiger partial charge is 0.234 e. The number of aromatic nitrogens is 2. The van der Waals surface area contributed by atoms with Crippen LogP contribution in [0.5, 0.6) is 5.75 Å². The number of nitrogens with zero attached hydrogens (tertiary/aromatic N) is 2. The number of carbonyl (C=O) groups is 1. The number of hydrogen-bond acceptors (Lipinski definition) is 4. The number of aryl methyl sites for hydroxylation is 1. The first kappa shape index (κ1) is 16.3. The number of carbonyl (C=O) groups excluding carboxylic acids is 1. The number of fused-ring (bicyclic) bond motifs is 2. The van der Waals surface area contributed by atoms with E-state index in [-0.39, 0.29) is 11.5 Å². The van der Waals surface area contributed by atoms with Gasteiger partial charge in [0.25, 0.3) is 0 Å². The molecule has 0 spiro atoms. The number of ether oxygens (including phenoxy) is 1. The predicted octanol–water partition coefficient (Wildman–Crippen LogP) is 4.44. The maximum atomic E-state index is 12.8. The number of ketones is 1. The van der Waals surface area contributed by atoms with Gasteiger partial charge in [-0.05, 0) is 35.4 Å². The minimum absolute atomic E-state index is 0.199. The van der Waals surface area contributed by atoms with Crippen molar-refractivity contribution in [2.45, 2.75) is 0 Å². The monoisotopic (exact) mass is 367 g/mol. The summed E-state index contributed by atoms with van der Waals surface area (Å²) in [5, 5.41) is 0.976. The molecule has 136 valence electrons. The van der Waals surface area contributed by atoms with Crippen LogP contribution in [0.15, 0.2) is 72.8 Å². The molecule has 1 aliphatic rings. The number of benzene rings is 2. The van der Waals surface area contributed by atoms with E-state index >= 15 is 0 Å². The van der Waals surface area contributed by atoms with Gasteiger partial charge in [-0.25, -0.2) is 4.98 Å². The first-order valence-corrected chi connectivity index (χ1v) is 8.95. The van der Waals surface area contributed by atoms with Crippen LogP contribution in [0.4, 0.5) is 5.69 Å². The van der Waals surface area contributed by atoms with Crippen molar-refractivity contribution < 1.29 is 9.53 Å². The Kier molecular flexibility index (Phi) is 3.55. The largest absolute Gasteiger partial charge is 0.452 e. The van der Waals surface area contributed by atoms with Crippen molar-refractivity contribution in [3.63, 3.8) is 0 Å². The van der Waals surface area contributed by atoms with Crippen LogP contribution in [0.2, 0.25) is 0 Å². The Bertz CT molecular complexity index is 1270. The third-order valence-corrected chi connectivity index (χ3v) is 4.99. The average Bonchev–Trinajstić information content (AvgIpc) is 3.21. The van der Waals surface area contributed by atoms with Gasteiger partial charge in [-0.1, -0.05) is 36.4 Å². The van der Waals surface area contributed by atoms with Crippen molar-refractivity contribution in [3.05, 3.63) is 83.9 Å². The van der Waals surface area contributed by atoms with E-state index in [4.69, 9.17) is 10.5 Å². The van der Waals surface area contributed by atoms with Gasteiger partial charge >= 0.3 is 0 Å². The first-order valence-electron chi connectivity index (χ1n) is 8.95. The van der Waals surface area contributed by atoms with Crippen LogP contribution in [0.3, 0.4) is 0 Å². The molecule has 5 nitrogen and oxygen atoms in total. The van der Waals surface area contributed by atoms with Crippen LogP contribution in [0, 0.1) is 0 Å². The molecule has 1 aliphatic heterocycles. The van der Waals surface area contributed by atoms with E-state index in [0.29, 0.717) is 17.0 Å². The molecule has 0 saturated heterocycles. The quantitative estimate of drug-likeness (QED) is 0.420. The average molecular weight is 367 g/mol. The van der Waals surface area contributed by atoms with Crippen LogP contribution in [0.25, 0.3) is 28.2 Å². The maximum absolute atomic E-state index is 12.8. The Balaban J connectivity index is 1.70. The Labute approximate surface area is 161 Å². The van der Waals surface area contributed by atoms with E-state index < -0.39 is 0 Å². The van der Waals surface area contributed by atoms with Gasteiger partial charge in [-0.2, -0.15) is 0 Å². The molecule has 2 N–H and O–H groups in total. The summed E-state index contributed by atoms with van der Waals surface area (Å²) in [5.74, 6) is 0.566. The molecule has 0 bridgehead atoms. The van der Waals surface area contributed by atoms with Gasteiger partial charge in [-0.15, -0.1) is 0 Å². The number of nitrogen functional groups attached to an aromatic ring is 1. The summed E-state index contributed by atoms with van der Waals surface area (Å²) in [6.07, 6.45) is 5.54. The summed E-state index contributed by atoms with van der Waals surface area (Å²) >= 11 is 0. The molecular formula is C23H17N3O2. The first-order chi connectivity index (χ1) is 13.6. The summed E-state index contributed by atoms with van der Waals surface area (Å²) in [7, 11) is 1.94. The van der Waals surface area contributed by atoms with Crippen LogP contribution >= 0.6 is 0 Å². The fraction of sp³-hybridized carbons (Fsp3) is 0.0435. The molecule has 2 aromatic heterocycles. The van der Waals surface area contributed by atoms with Crippen molar-refractivity contribution in [3.8, 4) is 16.9 Å². The molecule has 0 aliphatic carbocycles. The van der Waals surface area contributed by atoms with Crippen LogP contribution in [0.1, 0.15) is 15.9 Å². The molecule has 0 unspecified atom stereocenters. The number of Topliss-reactive ketones (excluding diaryl/α,β-unsaturated/α-hetero) is 1. The SMILES string of the molecule is Cn1cc(C=C2Oc3cccc(N)c3C2=O)c2c(-c3ccccc3)ccnc21. The van der Waals surface area contributed by atoms with E-state index in [0.717, 1.165) is 27.7 Å². The molecule has 4 aromatic rings. The number of nitrogens with two attached hydrogens (primary N) is 1. The summed E-state index contributed by atoms with van der Waals surface area (Å²) in [4.78, 5) is 17.3. The second-order valence-corrected chi connectivity index (χ2v) is 6.78. The van der Waals surface area contributed by atoms with Crippen LogP contribution < -0.4 is 10.5 Å². The summed E-state index contributed by atoms with van der Waals surface area (Å²) in [5.41, 5.74) is 10.7. The number of rotatable bonds is 2. The fourth-order valence-electron chi connectivity index (χ4n) is 3.71. The van der Waals surface area contributed by atoms with Crippen molar-refractivity contribution in [2.24, 2.45) is 7.05 Å². The zero-order valence-corrected chi connectivity index (χ0v) is 15.2. The summed E-state index contributed by atoms with van der Waals surface area (Å²) in [6, 6.07) is 17.4. The zero-order valence-electron chi connectivity index (χ0n) is 15.2. The molecule has 0 atom stereocenters. The second-order valence-electron chi connectivity index (χ2n) is 6.78. The minimum atomic E-state index is -0.199. The van der Waals surface area contributed by atoms with E-state index in [1.54, 1.807) is 30.5 Å². The van der Waals surface area contributed by atoms with Gasteiger partial charge in [-0.3, -0.25) is 4.79 Å². The third kappa shape index (κ3) is 2.41. The summed E-state index contributed by atoms with van der Waals surface area (Å²) < 4.78 is 7.76. The van der Waals surface area contributed by atoms with E-state index in [9.17, 15) is 4.79 Å². The normalized spacial score (nSPS) is 14.5. The molecule has 0 saturated carbocycles. The van der Waals surface area contributed by atoms with Crippen molar-refractivity contribution >= 4 is 28.6 Å². The Hall–Kier alpha value is -3.86. The van der Waals surface area contributed by atoms with Gasteiger partial charge in [0.2, 0.25) is 5.78 Å². The van der Waals surface area contributed by atoms with E-state index in [1.165, 1.54) is 0 Å². The molecule has 3 heterocycles. The molecule has 5 rings (SSSR count). The second kappa shape index (κ2) is 6.09. The van der Waals surface area contributed by atoms with Crippen LogP contribution in [-0.4, -0.2) is 15.3 Å². The van der Waals surface area contributed by atoms with E-state index in [1.807, 2.05) is 42.1 Å². The standard InChI is InChI=1S/C23H17N3O2/c1-26-13-15(12-19-22(27)21-17(24)8-5-9-18(21)28-19)20-16(10-11-25-23(20)26)14-6-3-2-4-7-14/h2-13H,24H2,1H3. The molecule has 0 amide bonds. The van der Waals surface area contributed by atoms with Crippen molar-refractivity contribution in [1.29, 1.82) is 0 Å². The molecule has 5 heteroatoms. The molecule has 2 aromatic carbocycles. The molecule has 28 heavy (non-hydrogen) atoms. The van der Waals surface area contributed by atoms with Gasteiger partial charge in [0.1, 0.15) is 11.4 Å². The van der Waals surface area contributed by atoms with Gasteiger partial charge in [0.15, 0.2) is 5.76 Å². The Morgan fingerprint density at radius 1 is 1.07 bits per heavy atom. The highest BCUT2D eigenvalue weighted by molar-refractivity contribution is 6.18. The molecule has 0 radical (unpaired) electrons. The highest BCUT2D eigenvalue weighted by Gasteiger charge is 2.29. The number of allylic oxidation sites excluding steroid dienone is 1. The lowest BCUT2D eigenvalue weighted by Crippen LogP contribution is -2.00. The number of pyridine rings is 1. The third-order valence-electron chi connectivity index (χ3n) is 4.99. The highest BCUT2D eigenvalue weighted by Crippen LogP contribution is 2.37. The Morgan fingerprint density at radius 2 is 1.89 bits per heavy atom. The zero-order chi connectivity index (χ0) is 19.3. The van der Waals surface area contributed by atoms with E-state index in [2.05, 4.69) is 17.1 Å². The topological polar surface area (TPSA) is 70.1 Å². The fourth-order valence-corrected chi connectivity index (χ4v) is 3.71. The lowest BCUT2D eigenvalue weighted by atomic mass is 10.0. The van der Waals surface area contributed by atoms with Crippen molar-refractivity contribution in [2.75, 3.05) is 5.73 Å². The summed E-state index contributed by atoms with van der Waals surface area (Å²) in [6.45, 7) is 0. The van der Waals surface area contributed by atoms with Gasteiger partial charge < -0.3 is 15.0 Å². The van der Waals surface area contributed by atoms with Gasteiger partial charge in [0, 0.05) is 36.1 Å². The predicted molar refractivity (Wildman–Crippen MR) is 110 cm³/mol. The lowest BCUT2D eigenvalue weighted by Gasteiger charge is -2.05. The van der Waals surface area contributed by atoms with Crippen LogP contribution in [-0.2, 0) is 7.05 Å².